The highest BCUT2D eigenvalue weighted by Gasteiger charge is 2.42. The van der Waals surface area contributed by atoms with Crippen LogP contribution in [0.3, 0.4) is 0 Å². The number of aromatic nitrogens is 2. The maximum Gasteiger partial charge on any atom is 0.204 e. The van der Waals surface area contributed by atoms with Gasteiger partial charge in [0.15, 0.2) is 11.6 Å². The molecule has 3 heterocycles. The van der Waals surface area contributed by atoms with E-state index in [-0.39, 0.29) is 6.10 Å². The fourth-order valence-corrected chi connectivity index (χ4v) is 3.25. The Balaban J connectivity index is 1.99. The molecule has 3 rings (SSSR count). The zero-order valence-electron chi connectivity index (χ0n) is 10.4. The van der Waals surface area contributed by atoms with E-state index in [1.54, 1.807) is 7.11 Å². The molecule has 1 aromatic heterocycles. The van der Waals surface area contributed by atoms with Gasteiger partial charge in [-0.1, -0.05) is 0 Å². The highest BCUT2D eigenvalue weighted by Crippen LogP contribution is 2.42. The molecule has 1 aromatic rings. The Labute approximate surface area is 106 Å². The molecule has 2 aliphatic heterocycles. The molecule has 18 heavy (non-hydrogen) atoms. The minimum atomic E-state index is -0.191. The average molecular weight is 250 g/mol. The molecule has 2 fully saturated rings. The van der Waals surface area contributed by atoms with Crippen LogP contribution >= 0.6 is 0 Å². The third-order valence-corrected chi connectivity index (χ3v) is 3.97. The normalized spacial score (nSPS) is 30.6. The van der Waals surface area contributed by atoms with E-state index >= 15 is 0 Å². The van der Waals surface area contributed by atoms with E-state index in [4.69, 9.17) is 10.5 Å². The van der Waals surface area contributed by atoms with Crippen LogP contribution in [0.25, 0.3) is 0 Å². The average Bonchev–Trinajstić information content (AvgIpc) is 2.61. The number of aliphatic hydroxyl groups is 1. The summed E-state index contributed by atoms with van der Waals surface area (Å²) in [6, 6.07) is 0.670. The molecular formula is C12H18N4O2. The van der Waals surface area contributed by atoms with E-state index in [1.165, 1.54) is 6.33 Å². The lowest BCUT2D eigenvalue weighted by Gasteiger charge is -2.38. The molecule has 2 aliphatic rings. The SMILES string of the molecule is COc1c(N)ncnc1N1C2CCC1CC(O)C2. The smallest absolute Gasteiger partial charge is 0.204 e. The maximum absolute atomic E-state index is 9.82. The summed E-state index contributed by atoms with van der Waals surface area (Å²) in [5.41, 5.74) is 5.82. The second-order valence-electron chi connectivity index (χ2n) is 5.03. The molecule has 6 heteroatoms. The van der Waals surface area contributed by atoms with Gasteiger partial charge >= 0.3 is 0 Å². The quantitative estimate of drug-likeness (QED) is 0.798. The molecule has 3 N–H and O–H groups in total. The van der Waals surface area contributed by atoms with Gasteiger partial charge in [-0.15, -0.1) is 0 Å². The second kappa shape index (κ2) is 4.28. The summed E-state index contributed by atoms with van der Waals surface area (Å²) < 4.78 is 5.33. The summed E-state index contributed by atoms with van der Waals surface area (Å²) in [7, 11) is 1.58. The first-order valence-corrected chi connectivity index (χ1v) is 6.31. The van der Waals surface area contributed by atoms with Crippen molar-refractivity contribution in [2.45, 2.75) is 43.9 Å². The van der Waals surface area contributed by atoms with E-state index in [2.05, 4.69) is 14.9 Å². The van der Waals surface area contributed by atoms with Crippen molar-refractivity contribution in [3.05, 3.63) is 6.33 Å². The van der Waals surface area contributed by atoms with E-state index in [0.29, 0.717) is 23.7 Å². The third kappa shape index (κ3) is 1.68. The van der Waals surface area contributed by atoms with E-state index < -0.39 is 0 Å². The van der Waals surface area contributed by atoms with Crippen molar-refractivity contribution in [3.63, 3.8) is 0 Å². The summed E-state index contributed by atoms with van der Waals surface area (Å²) >= 11 is 0. The van der Waals surface area contributed by atoms with Gasteiger partial charge in [-0.3, -0.25) is 0 Å². The van der Waals surface area contributed by atoms with Crippen LogP contribution in [0.15, 0.2) is 6.33 Å². The first kappa shape index (κ1) is 11.5. The first-order chi connectivity index (χ1) is 8.70. The van der Waals surface area contributed by atoms with Crippen molar-refractivity contribution in [3.8, 4) is 5.75 Å². The summed E-state index contributed by atoms with van der Waals surface area (Å²) in [6.45, 7) is 0. The van der Waals surface area contributed by atoms with Gasteiger partial charge in [-0.2, -0.15) is 0 Å². The Morgan fingerprint density at radius 3 is 2.61 bits per heavy atom. The van der Waals surface area contributed by atoms with Crippen LogP contribution in [-0.4, -0.2) is 40.4 Å². The topological polar surface area (TPSA) is 84.5 Å². The number of nitrogens with zero attached hydrogens (tertiary/aromatic N) is 3. The molecule has 2 bridgehead atoms. The van der Waals surface area contributed by atoms with E-state index in [0.717, 1.165) is 31.5 Å². The zero-order valence-corrected chi connectivity index (χ0v) is 10.4. The lowest BCUT2D eigenvalue weighted by molar-refractivity contribution is 0.125. The standard InChI is InChI=1S/C12H18N4O2/c1-18-10-11(13)14-6-15-12(10)16-7-2-3-8(16)5-9(17)4-7/h6-9,17H,2-5H2,1H3,(H2,13,14,15). The summed E-state index contributed by atoms with van der Waals surface area (Å²) in [4.78, 5) is 10.5. The highest BCUT2D eigenvalue weighted by molar-refractivity contribution is 5.64. The van der Waals surface area contributed by atoms with Gasteiger partial charge in [0.05, 0.1) is 13.2 Å². The molecule has 0 aliphatic carbocycles. The second-order valence-corrected chi connectivity index (χ2v) is 5.03. The third-order valence-electron chi connectivity index (χ3n) is 3.97. The number of rotatable bonds is 2. The number of nitrogen functional groups attached to an aromatic ring is 1. The van der Waals surface area contributed by atoms with Gasteiger partial charge in [0.25, 0.3) is 0 Å². The lowest BCUT2D eigenvalue weighted by Crippen LogP contribution is -2.45. The van der Waals surface area contributed by atoms with Gasteiger partial charge in [0.2, 0.25) is 5.75 Å². The number of methoxy groups -OCH3 is 1. The van der Waals surface area contributed by atoms with E-state index in [1.807, 2.05) is 0 Å². The Kier molecular flexibility index (Phi) is 2.74. The van der Waals surface area contributed by atoms with Crippen molar-refractivity contribution in [2.24, 2.45) is 0 Å². The van der Waals surface area contributed by atoms with Crippen LogP contribution in [0.1, 0.15) is 25.7 Å². The molecule has 0 amide bonds. The molecule has 2 saturated heterocycles. The van der Waals surface area contributed by atoms with Crippen molar-refractivity contribution < 1.29 is 9.84 Å². The molecule has 0 aromatic carbocycles. The molecule has 2 atom stereocenters. The van der Waals surface area contributed by atoms with Crippen molar-refractivity contribution in [1.29, 1.82) is 0 Å². The van der Waals surface area contributed by atoms with Crippen molar-refractivity contribution >= 4 is 11.6 Å². The molecule has 2 unspecified atom stereocenters. The molecule has 0 spiro atoms. The van der Waals surface area contributed by atoms with Gasteiger partial charge in [0.1, 0.15) is 6.33 Å². The predicted octanol–water partition coefficient (Wildman–Crippen LogP) is 0.559. The fraction of sp³-hybridized carbons (Fsp3) is 0.667. The summed E-state index contributed by atoms with van der Waals surface area (Å²) in [5.74, 6) is 1.68. The number of anilines is 2. The van der Waals surface area contributed by atoms with Crippen molar-refractivity contribution in [1.82, 2.24) is 9.97 Å². The first-order valence-electron chi connectivity index (χ1n) is 6.31. The minimum absolute atomic E-state index is 0.191. The molecule has 98 valence electrons. The zero-order chi connectivity index (χ0) is 12.7. The van der Waals surface area contributed by atoms with Gasteiger partial charge in [-0.05, 0) is 25.7 Å². The molecule has 0 saturated carbocycles. The molecule has 6 nitrogen and oxygen atoms in total. The molecular weight excluding hydrogens is 232 g/mol. The monoisotopic (exact) mass is 250 g/mol. The molecule has 0 radical (unpaired) electrons. The highest BCUT2D eigenvalue weighted by atomic mass is 16.5. The largest absolute Gasteiger partial charge is 0.490 e. The van der Waals surface area contributed by atoms with Crippen LogP contribution in [0.2, 0.25) is 0 Å². The number of hydrogen-bond acceptors (Lipinski definition) is 6. The summed E-state index contributed by atoms with van der Waals surface area (Å²) in [6.07, 6.45) is 5.05. The van der Waals surface area contributed by atoms with Crippen LogP contribution in [0.5, 0.6) is 5.75 Å². The Bertz CT molecular complexity index is 440. The van der Waals surface area contributed by atoms with Crippen LogP contribution in [0.4, 0.5) is 11.6 Å². The van der Waals surface area contributed by atoms with Crippen LogP contribution < -0.4 is 15.4 Å². The minimum Gasteiger partial charge on any atom is -0.490 e. The number of ether oxygens (including phenoxy) is 1. The fourth-order valence-electron chi connectivity index (χ4n) is 3.25. The number of hydrogen-bond donors (Lipinski definition) is 2. The van der Waals surface area contributed by atoms with Crippen LogP contribution in [0, 0.1) is 0 Å². The van der Waals surface area contributed by atoms with E-state index in [9.17, 15) is 5.11 Å². The Morgan fingerprint density at radius 2 is 2.00 bits per heavy atom. The predicted molar refractivity (Wildman–Crippen MR) is 67.5 cm³/mol. The van der Waals surface area contributed by atoms with Crippen LogP contribution in [-0.2, 0) is 0 Å². The van der Waals surface area contributed by atoms with Gasteiger partial charge in [0, 0.05) is 12.1 Å². The van der Waals surface area contributed by atoms with Gasteiger partial charge < -0.3 is 20.5 Å². The number of fused-ring (bicyclic) bond motifs is 2. The number of piperidine rings is 1. The summed E-state index contributed by atoms with van der Waals surface area (Å²) in [5, 5.41) is 9.82. The number of aliphatic hydroxyl groups excluding tert-OH is 1. The lowest BCUT2D eigenvalue weighted by atomic mass is 10.00. The Morgan fingerprint density at radius 1 is 1.33 bits per heavy atom. The van der Waals surface area contributed by atoms with Crippen molar-refractivity contribution in [2.75, 3.05) is 17.7 Å². The maximum atomic E-state index is 9.82. The Hall–Kier alpha value is -1.56. The van der Waals surface area contributed by atoms with Gasteiger partial charge in [-0.25, -0.2) is 9.97 Å². The number of nitrogens with two attached hydrogens (primary N) is 1.